The number of thioether (sulfide) groups is 1. The molecule has 11 heteroatoms. The molecule has 8 nitrogen and oxygen atoms in total. The number of methoxy groups -OCH3 is 1. The van der Waals surface area contributed by atoms with Crippen LogP contribution in [0.15, 0.2) is 33.5 Å². The fourth-order valence-electron chi connectivity index (χ4n) is 3.00. The molecule has 1 fully saturated rings. The Morgan fingerprint density at radius 2 is 2.07 bits per heavy atom. The number of benzene rings is 1. The second-order valence-corrected chi connectivity index (χ2v) is 10.9. The standard InChI is InChI=1S/C19H24N4O4S3/c1-3-28-19-22-21-18(29-19)20-17(24)10-8-14-7-9-15(27-2)16(13-14)30(25,26)23-11-5-4-6-12-23/h7-10,13H,3-6,11-12H2,1-2H3,(H,20,21,24). The first-order valence-electron chi connectivity index (χ1n) is 9.57. The molecule has 162 valence electrons. The van der Waals surface area contributed by atoms with Crippen molar-refractivity contribution in [1.29, 1.82) is 0 Å². The maximum absolute atomic E-state index is 13.1. The predicted octanol–water partition coefficient (Wildman–Crippen LogP) is 3.49. The van der Waals surface area contributed by atoms with Gasteiger partial charge in [-0.25, -0.2) is 8.42 Å². The van der Waals surface area contributed by atoms with Crippen LogP contribution in [0.4, 0.5) is 5.13 Å². The van der Waals surface area contributed by atoms with Gasteiger partial charge in [0.25, 0.3) is 0 Å². The smallest absolute Gasteiger partial charge is 0.250 e. The average Bonchev–Trinajstić information content (AvgIpc) is 3.19. The van der Waals surface area contributed by atoms with Crippen molar-refractivity contribution in [3.8, 4) is 5.75 Å². The van der Waals surface area contributed by atoms with E-state index in [0.29, 0.717) is 23.8 Å². The normalized spacial score (nSPS) is 15.4. The van der Waals surface area contributed by atoms with Gasteiger partial charge in [0, 0.05) is 19.2 Å². The molecule has 3 rings (SSSR count). The zero-order chi connectivity index (χ0) is 21.6. The van der Waals surface area contributed by atoms with E-state index in [9.17, 15) is 13.2 Å². The largest absolute Gasteiger partial charge is 0.495 e. The van der Waals surface area contributed by atoms with E-state index >= 15 is 0 Å². The number of piperidine rings is 1. The topological polar surface area (TPSA) is 101 Å². The van der Waals surface area contributed by atoms with Crippen LogP contribution >= 0.6 is 23.1 Å². The third kappa shape index (κ3) is 5.60. The van der Waals surface area contributed by atoms with E-state index in [4.69, 9.17) is 4.74 Å². The number of ether oxygens (including phenoxy) is 1. The fraction of sp³-hybridized carbons (Fsp3) is 0.421. The van der Waals surface area contributed by atoms with Crippen molar-refractivity contribution in [2.24, 2.45) is 0 Å². The molecule has 1 aromatic carbocycles. The molecule has 2 heterocycles. The number of nitrogens with zero attached hydrogens (tertiary/aromatic N) is 3. The predicted molar refractivity (Wildman–Crippen MR) is 120 cm³/mol. The SMILES string of the molecule is CCSc1nnc(NC(=O)C=Cc2ccc(OC)c(S(=O)(=O)N3CCCCC3)c2)s1. The second-order valence-electron chi connectivity index (χ2n) is 6.50. The molecule has 30 heavy (non-hydrogen) atoms. The van der Waals surface area contributed by atoms with E-state index in [2.05, 4.69) is 15.5 Å². The second kappa shape index (κ2) is 10.4. The Hall–Kier alpha value is -1.95. The maximum Gasteiger partial charge on any atom is 0.250 e. The Morgan fingerprint density at radius 3 is 2.77 bits per heavy atom. The summed E-state index contributed by atoms with van der Waals surface area (Å²) in [5, 5.41) is 11.0. The molecule has 0 atom stereocenters. The molecule has 0 aliphatic carbocycles. The van der Waals surface area contributed by atoms with Gasteiger partial charge in [-0.3, -0.25) is 10.1 Å². The molecule has 0 spiro atoms. The van der Waals surface area contributed by atoms with E-state index < -0.39 is 10.0 Å². The van der Waals surface area contributed by atoms with Crippen molar-refractivity contribution in [3.63, 3.8) is 0 Å². The minimum absolute atomic E-state index is 0.111. The van der Waals surface area contributed by atoms with E-state index in [1.165, 1.54) is 34.9 Å². The third-order valence-electron chi connectivity index (χ3n) is 4.45. The summed E-state index contributed by atoms with van der Waals surface area (Å²) in [7, 11) is -2.22. The maximum atomic E-state index is 13.1. The van der Waals surface area contributed by atoms with Gasteiger partial charge in [-0.2, -0.15) is 4.31 Å². The number of hydrogen-bond donors (Lipinski definition) is 1. The van der Waals surface area contributed by atoms with Gasteiger partial charge in [0.15, 0.2) is 4.34 Å². The summed E-state index contributed by atoms with van der Waals surface area (Å²) in [5.74, 6) is 0.801. The molecule has 0 saturated carbocycles. The molecular weight excluding hydrogens is 444 g/mol. The average molecular weight is 469 g/mol. The molecular formula is C19H24N4O4S3. The van der Waals surface area contributed by atoms with Crippen LogP contribution in [0.2, 0.25) is 0 Å². The van der Waals surface area contributed by atoms with Crippen LogP contribution in [-0.2, 0) is 14.8 Å². The Labute approximate surface area is 184 Å². The first-order valence-corrected chi connectivity index (χ1v) is 12.8. The first kappa shape index (κ1) is 22.7. The summed E-state index contributed by atoms with van der Waals surface area (Å²) in [4.78, 5) is 12.3. The van der Waals surface area contributed by atoms with Gasteiger partial charge in [-0.1, -0.05) is 42.5 Å². The molecule has 1 aliphatic rings. The quantitative estimate of drug-likeness (QED) is 0.359. The number of rotatable bonds is 8. The van der Waals surface area contributed by atoms with Gasteiger partial charge in [0.1, 0.15) is 10.6 Å². The lowest BCUT2D eigenvalue weighted by atomic mass is 10.2. The van der Waals surface area contributed by atoms with E-state index in [-0.39, 0.29) is 16.6 Å². The number of carbonyl (C=O) groups is 1. The van der Waals surface area contributed by atoms with Gasteiger partial charge >= 0.3 is 0 Å². The van der Waals surface area contributed by atoms with Gasteiger partial charge in [-0.15, -0.1) is 10.2 Å². The number of nitrogens with one attached hydrogen (secondary N) is 1. The lowest BCUT2D eigenvalue weighted by molar-refractivity contribution is -0.111. The van der Waals surface area contributed by atoms with Crippen molar-refractivity contribution >= 4 is 50.2 Å². The van der Waals surface area contributed by atoms with Crippen molar-refractivity contribution < 1.29 is 17.9 Å². The van der Waals surface area contributed by atoms with Crippen molar-refractivity contribution in [1.82, 2.24) is 14.5 Å². The summed E-state index contributed by atoms with van der Waals surface area (Å²) in [6, 6.07) is 4.85. The van der Waals surface area contributed by atoms with Crippen LogP contribution in [0.1, 0.15) is 31.7 Å². The van der Waals surface area contributed by atoms with E-state index in [1.54, 1.807) is 30.0 Å². The third-order valence-corrected chi connectivity index (χ3v) is 8.23. The van der Waals surface area contributed by atoms with E-state index in [1.807, 2.05) is 6.92 Å². The molecule has 1 amide bonds. The van der Waals surface area contributed by atoms with Crippen LogP contribution in [0.5, 0.6) is 5.75 Å². The Balaban J connectivity index is 1.75. The summed E-state index contributed by atoms with van der Waals surface area (Å²) < 4.78 is 33.7. The summed E-state index contributed by atoms with van der Waals surface area (Å²) in [6.07, 6.45) is 5.64. The highest BCUT2D eigenvalue weighted by Gasteiger charge is 2.29. The number of aromatic nitrogens is 2. The minimum Gasteiger partial charge on any atom is -0.495 e. The monoisotopic (exact) mass is 468 g/mol. The minimum atomic E-state index is -3.66. The Bertz CT molecular complexity index is 1010. The zero-order valence-electron chi connectivity index (χ0n) is 16.8. The number of amides is 1. The van der Waals surface area contributed by atoms with Gasteiger partial charge in [-0.05, 0) is 42.4 Å². The first-order chi connectivity index (χ1) is 14.4. The molecule has 2 aromatic rings. The fourth-order valence-corrected chi connectivity index (χ4v) is 6.36. The van der Waals surface area contributed by atoms with Crippen LogP contribution in [0, 0.1) is 0 Å². The molecule has 0 unspecified atom stereocenters. The number of sulfonamides is 1. The molecule has 0 radical (unpaired) electrons. The molecule has 1 aliphatic heterocycles. The lowest BCUT2D eigenvalue weighted by Gasteiger charge is -2.26. The number of hydrogen-bond acceptors (Lipinski definition) is 8. The van der Waals surface area contributed by atoms with Crippen molar-refractivity contribution in [2.75, 3.05) is 31.3 Å². The number of anilines is 1. The summed E-state index contributed by atoms with van der Waals surface area (Å²) in [6.45, 7) is 3.03. The van der Waals surface area contributed by atoms with Crippen LogP contribution < -0.4 is 10.1 Å². The Kier molecular flexibility index (Phi) is 7.87. The molecule has 1 aromatic heterocycles. The number of carbonyl (C=O) groups excluding carboxylic acids is 1. The van der Waals surface area contributed by atoms with Crippen molar-refractivity contribution in [3.05, 3.63) is 29.8 Å². The van der Waals surface area contributed by atoms with Crippen molar-refractivity contribution in [2.45, 2.75) is 35.4 Å². The van der Waals surface area contributed by atoms with E-state index in [0.717, 1.165) is 29.4 Å². The van der Waals surface area contributed by atoms with Crippen LogP contribution in [0.3, 0.4) is 0 Å². The highest BCUT2D eigenvalue weighted by Crippen LogP contribution is 2.30. The lowest BCUT2D eigenvalue weighted by Crippen LogP contribution is -2.35. The molecule has 1 N–H and O–H groups in total. The van der Waals surface area contributed by atoms with Gasteiger partial charge in [0.2, 0.25) is 21.1 Å². The highest BCUT2D eigenvalue weighted by molar-refractivity contribution is 8.01. The van der Waals surface area contributed by atoms with Gasteiger partial charge in [0.05, 0.1) is 7.11 Å². The Morgan fingerprint density at radius 1 is 1.30 bits per heavy atom. The van der Waals surface area contributed by atoms with Gasteiger partial charge < -0.3 is 4.74 Å². The summed E-state index contributed by atoms with van der Waals surface area (Å²) in [5.41, 5.74) is 0.584. The highest BCUT2D eigenvalue weighted by atomic mass is 32.2. The summed E-state index contributed by atoms with van der Waals surface area (Å²) >= 11 is 2.86. The molecule has 0 bridgehead atoms. The van der Waals surface area contributed by atoms with Crippen LogP contribution in [0.25, 0.3) is 6.08 Å². The molecule has 1 saturated heterocycles. The zero-order valence-corrected chi connectivity index (χ0v) is 19.3. The van der Waals surface area contributed by atoms with Crippen LogP contribution in [-0.4, -0.2) is 54.8 Å².